The van der Waals surface area contributed by atoms with Crippen LogP contribution in [0.4, 0.5) is 0 Å². The van der Waals surface area contributed by atoms with Gasteiger partial charge in [-0.05, 0) is 31.5 Å². The molecule has 19 heavy (non-hydrogen) atoms. The summed E-state index contributed by atoms with van der Waals surface area (Å²) in [5.41, 5.74) is 1.40. The SMILES string of the molecule is CCCNC(CN(C)CC(C)CC)c1ccccc1. The van der Waals surface area contributed by atoms with Gasteiger partial charge in [-0.15, -0.1) is 0 Å². The van der Waals surface area contributed by atoms with Crippen molar-refractivity contribution in [3.8, 4) is 0 Å². The van der Waals surface area contributed by atoms with Crippen LogP contribution in [-0.4, -0.2) is 31.6 Å². The molecule has 0 radical (unpaired) electrons. The van der Waals surface area contributed by atoms with E-state index >= 15 is 0 Å². The van der Waals surface area contributed by atoms with E-state index in [0.29, 0.717) is 6.04 Å². The lowest BCUT2D eigenvalue weighted by Gasteiger charge is -2.27. The Morgan fingerprint density at radius 2 is 1.79 bits per heavy atom. The minimum absolute atomic E-state index is 0.440. The van der Waals surface area contributed by atoms with Crippen molar-refractivity contribution in [1.29, 1.82) is 0 Å². The van der Waals surface area contributed by atoms with Crippen molar-refractivity contribution in [1.82, 2.24) is 10.2 Å². The maximum atomic E-state index is 3.67. The first-order valence-electron chi connectivity index (χ1n) is 7.64. The average Bonchev–Trinajstić information content (AvgIpc) is 2.44. The third-order valence-electron chi connectivity index (χ3n) is 3.66. The first kappa shape index (κ1) is 16.2. The first-order valence-corrected chi connectivity index (χ1v) is 7.64. The molecule has 0 saturated carbocycles. The number of hydrogen-bond acceptors (Lipinski definition) is 2. The maximum absolute atomic E-state index is 3.67. The van der Waals surface area contributed by atoms with Crippen LogP contribution in [0.2, 0.25) is 0 Å². The Balaban J connectivity index is 2.59. The maximum Gasteiger partial charge on any atom is 0.0449 e. The van der Waals surface area contributed by atoms with Crippen LogP contribution in [0.5, 0.6) is 0 Å². The van der Waals surface area contributed by atoms with E-state index in [1.54, 1.807) is 0 Å². The quantitative estimate of drug-likeness (QED) is 0.730. The summed E-state index contributed by atoms with van der Waals surface area (Å²) in [6.07, 6.45) is 2.43. The molecule has 0 amide bonds. The lowest BCUT2D eigenvalue weighted by atomic mass is 10.0. The highest BCUT2D eigenvalue weighted by Crippen LogP contribution is 2.15. The summed E-state index contributed by atoms with van der Waals surface area (Å²) < 4.78 is 0. The predicted molar refractivity (Wildman–Crippen MR) is 84.4 cm³/mol. The molecule has 0 aliphatic rings. The standard InChI is InChI=1S/C17H30N2/c1-5-12-18-17(16-10-8-7-9-11-16)14-19(4)13-15(3)6-2/h7-11,15,17-18H,5-6,12-14H2,1-4H3. The molecule has 0 saturated heterocycles. The van der Waals surface area contributed by atoms with Crippen LogP contribution in [-0.2, 0) is 0 Å². The molecule has 2 nitrogen and oxygen atoms in total. The van der Waals surface area contributed by atoms with Gasteiger partial charge in [0, 0.05) is 19.1 Å². The van der Waals surface area contributed by atoms with Crippen molar-refractivity contribution in [2.24, 2.45) is 5.92 Å². The summed E-state index contributed by atoms with van der Waals surface area (Å²) in [7, 11) is 2.23. The summed E-state index contributed by atoms with van der Waals surface area (Å²) >= 11 is 0. The number of hydrogen-bond donors (Lipinski definition) is 1. The molecule has 0 aliphatic heterocycles. The van der Waals surface area contributed by atoms with Gasteiger partial charge in [-0.1, -0.05) is 57.5 Å². The first-order chi connectivity index (χ1) is 9.17. The van der Waals surface area contributed by atoms with E-state index in [1.165, 1.54) is 24.9 Å². The minimum Gasteiger partial charge on any atom is -0.309 e. The Labute approximate surface area is 119 Å². The smallest absolute Gasteiger partial charge is 0.0449 e. The van der Waals surface area contributed by atoms with Crippen LogP contribution >= 0.6 is 0 Å². The normalized spacial score (nSPS) is 14.6. The van der Waals surface area contributed by atoms with Gasteiger partial charge in [0.15, 0.2) is 0 Å². The van der Waals surface area contributed by atoms with Crippen LogP contribution in [0.3, 0.4) is 0 Å². The van der Waals surface area contributed by atoms with Gasteiger partial charge >= 0.3 is 0 Å². The summed E-state index contributed by atoms with van der Waals surface area (Å²) in [4.78, 5) is 2.45. The molecule has 1 N–H and O–H groups in total. The fourth-order valence-corrected chi connectivity index (χ4v) is 2.34. The average molecular weight is 262 g/mol. The van der Waals surface area contributed by atoms with Crippen LogP contribution in [0.25, 0.3) is 0 Å². The molecule has 0 fully saturated rings. The Morgan fingerprint density at radius 3 is 2.37 bits per heavy atom. The van der Waals surface area contributed by atoms with Gasteiger partial charge in [-0.2, -0.15) is 0 Å². The Kier molecular flexibility index (Phi) is 7.76. The highest BCUT2D eigenvalue weighted by molar-refractivity contribution is 5.19. The highest BCUT2D eigenvalue weighted by Gasteiger charge is 2.14. The number of nitrogens with one attached hydrogen (secondary N) is 1. The lowest BCUT2D eigenvalue weighted by Crippen LogP contribution is -2.35. The van der Waals surface area contributed by atoms with E-state index < -0.39 is 0 Å². The van der Waals surface area contributed by atoms with E-state index in [2.05, 4.69) is 68.4 Å². The molecule has 0 aromatic heterocycles. The van der Waals surface area contributed by atoms with Crippen molar-refractivity contribution in [2.75, 3.05) is 26.7 Å². The fourth-order valence-electron chi connectivity index (χ4n) is 2.34. The molecule has 2 atom stereocenters. The highest BCUT2D eigenvalue weighted by atomic mass is 15.1. The van der Waals surface area contributed by atoms with E-state index in [4.69, 9.17) is 0 Å². The monoisotopic (exact) mass is 262 g/mol. The third-order valence-corrected chi connectivity index (χ3v) is 3.66. The van der Waals surface area contributed by atoms with Gasteiger partial charge in [0.1, 0.15) is 0 Å². The lowest BCUT2D eigenvalue weighted by molar-refractivity contribution is 0.252. The van der Waals surface area contributed by atoms with Gasteiger partial charge in [-0.25, -0.2) is 0 Å². The van der Waals surface area contributed by atoms with Gasteiger partial charge in [0.05, 0.1) is 0 Å². The summed E-state index contributed by atoms with van der Waals surface area (Å²) in [6, 6.07) is 11.2. The topological polar surface area (TPSA) is 15.3 Å². The molecule has 1 rings (SSSR count). The van der Waals surface area contributed by atoms with E-state index in [0.717, 1.165) is 19.0 Å². The zero-order valence-corrected chi connectivity index (χ0v) is 13.0. The number of nitrogens with zero attached hydrogens (tertiary/aromatic N) is 1. The van der Waals surface area contributed by atoms with Crippen LogP contribution < -0.4 is 5.32 Å². The summed E-state index contributed by atoms with van der Waals surface area (Å²) in [5, 5.41) is 3.67. The molecule has 1 aromatic carbocycles. The number of benzene rings is 1. The van der Waals surface area contributed by atoms with Gasteiger partial charge < -0.3 is 10.2 Å². The Bertz CT molecular complexity index is 323. The molecular weight excluding hydrogens is 232 g/mol. The molecule has 0 aliphatic carbocycles. The number of rotatable bonds is 9. The van der Waals surface area contributed by atoms with Crippen molar-refractivity contribution in [3.05, 3.63) is 35.9 Å². The predicted octanol–water partition coefficient (Wildman–Crippen LogP) is 3.71. The van der Waals surface area contributed by atoms with Crippen molar-refractivity contribution in [2.45, 2.75) is 39.7 Å². The van der Waals surface area contributed by atoms with Crippen LogP contribution in [0.1, 0.15) is 45.2 Å². The van der Waals surface area contributed by atoms with Gasteiger partial charge in [0.25, 0.3) is 0 Å². The summed E-state index contributed by atoms with van der Waals surface area (Å²) in [5.74, 6) is 0.771. The van der Waals surface area contributed by atoms with E-state index in [9.17, 15) is 0 Å². The molecule has 0 spiro atoms. The molecule has 1 aromatic rings. The Hall–Kier alpha value is -0.860. The second kappa shape index (κ2) is 9.11. The van der Waals surface area contributed by atoms with E-state index in [1.807, 2.05) is 0 Å². The number of likely N-dealkylation sites (N-methyl/N-ethyl adjacent to an activating group) is 1. The third kappa shape index (κ3) is 6.22. The van der Waals surface area contributed by atoms with Crippen molar-refractivity contribution >= 4 is 0 Å². The van der Waals surface area contributed by atoms with Crippen LogP contribution in [0.15, 0.2) is 30.3 Å². The van der Waals surface area contributed by atoms with Crippen molar-refractivity contribution in [3.63, 3.8) is 0 Å². The fraction of sp³-hybridized carbons (Fsp3) is 0.647. The molecule has 2 heteroatoms. The summed E-state index contributed by atoms with van der Waals surface area (Å²) in [6.45, 7) is 10.1. The molecular formula is C17H30N2. The van der Waals surface area contributed by atoms with Crippen molar-refractivity contribution < 1.29 is 0 Å². The second-order valence-electron chi connectivity index (χ2n) is 5.65. The van der Waals surface area contributed by atoms with Gasteiger partial charge in [0.2, 0.25) is 0 Å². The Morgan fingerprint density at radius 1 is 1.11 bits per heavy atom. The minimum atomic E-state index is 0.440. The zero-order valence-electron chi connectivity index (χ0n) is 13.0. The second-order valence-corrected chi connectivity index (χ2v) is 5.65. The largest absolute Gasteiger partial charge is 0.309 e. The molecule has 108 valence electrons. The van der Waals surface area contributed by atoms with Gasteiger partial charge in [-0.3, -0.25) is 0 Å². The van der Waals surface area contributed by atoms with Crippen LogP contribution in [0, 0.1) is 5.92 Å². The molecule has 0 bridgehead atoms. The zero-order chi connectivity index (χ0) is 14.1. The molecule has 0 heterocycles. The van der Waals surface area contributed by atoms with E-state index in [-0.39, 0.29) is 0 Å². The molecule has 2 unspecified atom stereocenters.